The van der Waals surface area contributed by atoms with E-state index in [0.29, 0.717) is 11.3 Å². The van der Waals surface area contributed by atoms with Crippen molar-refractivity contribution in [2.45, 2.75) is 19.9 Å². The third kappa shape index (κ3) is 4.35. The largest absolute Gasteiger partial charge is 0.341 e. The van der Waals surface area contributed by atoms with E-state index in [2.05, 4.69) is 10.6 Å². The number of hydrogen-bond donors (Lipinski definition) is 2. The van der Waals surface area contributed by atoms with Gasteiger partial charge in [-0.1, -0.05) is 12.1 Å². The van der Waals surface area contributed by atoms with Crippen LogP contribution in [0.15, 0.2) is 42.5 Å². The number of halogens is 2. The van der Waals surface area contributed by atoms with Gasteiger partial charge in [0, 0.05) is 11.3 Å². The van der Waals surface area contributed by atoms with E-state index in [1.807, 2.05) is 0 Å². The number of nitrogens with one attached hydrogen (secondary N) is 2. The van der Waals surface area contributed by atoms with E-state index in [-0.39, 0.29) is 5.56 Å². The van der Waals surface area contributed by atoms with Crippen LogP contribution in [-0.2, 0) is 4.79 Å². The Morgan fingerprint density at radius 1 is 1.04 bits per heavy atom. The van der Waals surface area contributed by atoms with Gasteiger partial charge in [0.15, 0.2) is 0 Å². The highest BCUT2D eigenvalue weighted by Crippen LogP contribution is 2.16. The molecule has 0 radical (unpaired) electrons. The van der Waals surface area contributed by atoms with Crippen molar-refractivity contribution in [2.24, 2.45) is 0 Å². The molecule has 2 aromatic rings. The average molecular weight is 318 g/mol. The van der Waals surface area contributed by atoms with Gasteiger partial charge in [0.1, 0.15) is 17.7 Å². The molecule has 23 heavy (non-hydrogen) atoms. The van der Waals surface area contributed by atoms with E-state index >= 15 is 0 Å². The zero-order valence-corrected chi connectivity index (χ0v) is 12.7. The van der Waals surface area contributed by atoms with Crippen LogP contribution < -0.4 is 10.6 Å². The third-order valence-corrected chi connectivity index (χ3v) is 3.29. The van der Waals surface area contributed by atoms with Gasteiger partial charge in [0.05, 0.1) is 0 Å². The Balaban J connectivity index is 2.02. The van der Waals surface area contributed by atoms with Crippen LogP contribution >= 0.6 is 0 Å². The summed E-state index contributed by atoms with van der Waals surface area (Å²) in [6.07, 6.45) is 0. The second kappa shape index (κ2) is 7.00. The van der Waals surface area contributed by atoms with Crippen LogP contribution in [0, 0.1) is 18.6 Å². The van der Waals surface area contributed by atoms with Crippen molar-refractivity contribution < 1.29 is 18.4 Å². The van der Waals surface area contributed by atoms with Crippen LogP contribution in [0.3, 0.4) is 0 Å². The summed E-state index contributed by atoms with van der Waals surface area (Å²) in [5.41, 5.74) is 1.15. The smallest absolute Gasteiger partial charge is 0.252 e. The molecule has 0 aliphatic carbocycles. The molecule has 6 heteroatoms. The van der Waals surface area contributed by atoms with E-state index in [9.17, 15) is 18.4 Å². The molecular weight excluding hydrogens is 302 g/mol. The third-order valence-electron chi connectivity index (χ3n) is 3.29. The minimum Gasteiger partial charge on any atom is -0.341 e. The molecule has 0 saturated carbocycles. The van der Waals surface area contributed by atoms with Crippen LogP contribution in [0.1, 0.15) is 22.8 Å². The van der Waals surface area contributed by atoms with Crippen molar-refractivity contribution in [1.29, 1.82) is 0 Å². The van der Waals surface area contributed by atoms with Crippen molar-refractivity contribution >= 4 is 17.5 Å². The maximum atomic E-state index is 13.2. The molecule has 4 nitrogen and oxygen atoms in total. The first-order valence-electron chi connectivity index (χ1n) is 7.00. The number of carbonyl (C=O) groups excluding carboxylic acids is 2. The maximum absolute atomic E-state index is 13.2. The average Bonchev–Trinajstić information content (AvgIpc) is 2.50. The lowest BCUT2D eigenvalue weighted by atomic mass is 10.1. The standard InChI is InChI=1S/C17H16F2N2O2/c1-10-6-7-14(19)9-15(10)21-16(22)11(2)20-17(23)12-4-3-5-13(18)8-12/h3-9,11H,1-2H3,(H,20,23)(H,21,22)/t11-/m0/s1. The molecule has 0 aromatic heterocycles. The van der Waals surface area contributed by atoms with Gasteiger partial charge in [-0.3, -0.25) is 9.59 Å². The molecule has 0 unspecified atom stereocenters. The molecular formula is C17H16F2N2O2. The molecule has 0 bridgehead atoms. The lowest BCUT2D eigenvalue weighted by molar-refractivity contribution is -0.117. The second-order valence-electron chi connectivity index (χ2n) is 5.15. The second-order valence-corrected chi connectivity index (χ2v) is 5.15. The molecule has 0 spiro atoms. The maximum Gasteiger partial charge on any atom is 0.252 e. The molecule has 0 aliphatic rings. The van der Waals surface area contributed by atoms with Crippen LogP contribution in [0.5, 0.6) is 0 Å². The summed E-state index contributed by atoms with van der Waals surface area (Å²) in [7, 11) is 0. The Hall–Kier alpha value is -2.76. The minimum absolute atomic E-state index is 0.117. The molecule has 2 aromatic carbocycles. The van der Waals surface area contributed by atoms with Gasteiger partial charge in [-0.15, -0.1) is 0 Å². The lowest BCUT2D eigenvalue weighted by Gasteiger charge is -2.15. The number of carbonyl (C=O) groups is 2. The Bertz CT molecular complexity index is 747. The Morgan fingerprint density at radius 3 is 2.43 bits per heavy atom. The van der Waals surface area contributed by atoms with Crippen LogP contribution in [0.25, 0.3) is 0 Å². The normalized spacial score (nSPS) is 11.7. The van der Waals surface area contributed by atoms with Gasteiger partial charge in [-0.2, -0.15) is 0 Å². The topological polar surface area (TPSA) is 58.2 Å². The number of amides is 2. The molecule has 2 amide bonds. The molecule has 2 N–H and O–H groups in total. The van der Waals surface area contributed by atoms with Gasteiger partial charge in [0.2, 0.25) is 5.91 Å². The molecule has 0 fully saturated rings. The van der Waals surface area contributed by atoms with Crippen molar-refractivity contribution in [2.75, 3.05) is 5.32 Å². The molecule has 120 valence electrons. The highest BCUT2D eigenvalue weighted by Gasteiger charge is 2.17. The van der Waals surface area contributed by atoms with Crippen LogP contribution in [0.4, 0.5) is 14.5 Å². The van der Waals surface area contributed by atoms with Crippen LogP contribution in [0.2, 0.25) is 0 Å². The number of rotatable bonds is 4. The zero-order valence-electron chi connectivity index (χ0n) is 12.7. The van der Waals surface area contributed by atoms with Gasteiger partial charge < -0.3 is 10.6 Å². The van der Waals surface area contributed by atoms with E-state index in [1.54, 1.807) is 13.0 Å². The Kier molecular flexibility index (Phi) is 5.05. The first kappa shape index (κ1) is 16.6. The molecule has 0 aliphatic heterocycles. The predicted molar refractivity (Wildman–Crippen MR) is 83.1 cm³/mol. The minimum atomic E-state index is -0.867. The van der Waals surface area contributed by atoms with Crippen molar-refractivity contribution in [3.63, 3.8) is 0 Å². The van der Waals surface area contributed by atoms with Gasteiger partial charge in [-0.25, -0.2) is 8.78 Å². The fourth-order valence-electron chi connectivity index (χ4n) is 1.95. The molecule has 1 atom stereocenters. The fraction of sp³-hybridized carbons (Fsp3) is 0.176. The fourth-order valence-corrected chi connectivity index (χ4v) is 1.95. The SMILES string of the molecule is Cc1ccc(F)cc1NC(=O)[C@H](C)NC(=O)c1cccc(F)c1. The van der Waals surface area contributed by atoms with E-state index in [0.717, 1.165) is 6.07 Å². The monoisotopic (exact) mass is 318 g/mol. The summed E-state index contributed by atoms with van der Waals surface area (Å²) >= 11 is 0. The van der Waals surface area contributed by atoms with E-state index in [4.69, 9.17) is 0 Å². The quantitative estimate of drug-likeness (QED) is 0.910. The number of aryl methyl sites for hydroxylation is 1. The summed E-state index contributed by atoms with van der Waals surface area (Å²) in [6, 6.07) is 8.32. The Morgan fingerprint density at radius 2 is 1.74 bits per heavy atom. The summed E-state index contributed by atoms with van der Waals surface area (Å²) in [5, 5.41) is 5.02. The zero-order chi connectivity index (χ0) is 17.0. The number of anilines is 1. The summed E-state index contributed by atoms with van der Waals surface area (Å²) < 4.78 is 26.3. The lowest BCUT2D eigenvalue weighted by Crippen LogP contribution is -2.41. The Labute approximate surface area is 132 Å². The predicted octanol–water partition coefficient (Wildman–Crippen LogP) is 3.03. The van der Waals surface area contributed by atoms with E-state index in [1.165, 1.54) is 37.3 Å². The van der Waals surface area contributed by atoms with Crippen molar-refractivity contribution in [3.8, 4) is 0 Å². The first-order chi connectivity index (χ1) is 10.9. The summed E-state index contributed by atoms with van der Waals surface area (Å²) in [4.78, 5) is 24.1. The van der Waals surface area contributed by atoms with Gasteiger partial charge in [0.25, 0.3) is 5.91 Å². The highest BCUT2D eigenvalue weighted by molar-refractivity contribution is 6.01. The number of hydrogen-bond acceptors (Lipinski definition) is 2. The molecule has 0 saturated heterocycles. The molecule has 2 rings (SSSR count). The van der Waals surface area contributed by atoms with Gasteiger partial charge in [-0.05, 0) is 49.7 Å². The van der Waals surface area contributed by atoms with Crippen molar-refractivity contribution in [3.05, 3.63) is 65.2 Å². The summed E-state index contributed by atoms with van der Waals surface area (Å²) in [6.45, 7) is 3.21. The molecule has 0 heterocycles. The van der Waals surface area contributed by atoms with E-state index < -0.39 is 29.5 Å². The number of benzene rings is 2. The van der Waals surface area contributed by atoms with Crippen LogP contribution in [-0.4, -0.2) is 17.9 Å². The summed E-state index contributed by atoms with van der Waals surface area (Å²) in [5.74, 6) is -2.07. The first-order valence-corrected chi connectivity index (χ1v) is 7.00. The van der Waals surface area contributed by atoms with Crippen molar-refractivity contribution in [1.82, 2.24) is 5.32 Å². The van der Waals surface area contributed by atoms with Gasteiger partial charge >= 0.3 is 0 Å². The highest BCUT2D eigenvalue weighted by atomic mass is 19.1.